The van der Waals surface area contributed by atoms with Gasteiger partial charge in [-0.15, -0.1) is 0 Å². The second-order valence-electron chi connectivity index (χ2n) is 26.2. The molecule has 0 saturated carbocycles. The minimum Gasteiger partial charge on any atom is -0.364 e. The molecule has 2 aliphatic heterocycles. The van der Waals surface area contributed by atoms with Crippen molar-refractivity contribution in [1.29, 1.82) is 0 Å². The molecule has 2 aliphatic rings. The minimum absolute atomic E-state index is 0.00837. The molecular weight excluding hydrogens is 949 g/mol. The van der Waals surface area contributed by atoms with Gasteiger partial charge in [-0.2, -0.15) is 0 Å². The number of rotatable bonds is 7. The van der Waals surface area contributed by atoms with Gasteiger partial charge in [-0.1, -0.05) is 161 Å². The van der Waals surface area contributed by atoms with E-state index in [1.807, 2.05) is 12.4 Å². The number of fused-ring (bicyclic) bond motifs is 8. The van der Waals surface area contributed by atoms with Gasteiger partial charge in [-0.05, 0) is 176 Å². The minimum atomic E-state index is -0.0968. The number of aromatic amines is 4. The van der Waals surface area contributed by atoms with Gasteiger partial charge in [-0.3, -0.25) is 0 Å². The summed E-state index contributed by atoms with van der Waals surface area (Å²) >= 11 is 0. The van der Waals surface area contributed by atoms with Crippen molar-refractivity contribution in [3.63, 3.8) is 0 Å². The second-order valence-corrected chi connectivity index (χ2v) is 26.2. The van der Waals surface area contributed by atoms with Gasteiger partial charge in [0.2, 0.25) is 0 Å². The Bertz CT molecular complexity index is 3810. The van der Waals surface area contributed by atoms with E-state index in [1.54, 1.807) is 0 Å². The van der Waals surface area contributed by atoms with E-state index < -0.39 is 0 Å². The van der Waals surface area contributed by atoms with Crippen LogP contribution in [0.15, 0.2) is 134 Å². The number of hydrogen-bond donors (Lipinski definition) is 4. The first-order chi connectivity index (χ1) is 36.9. The Balaban J connectivity index is 1.30. The third-order valence-electron chi connectivity index (χ3n) is 16.0. The van der Waals surface area contributed by atoms with Gasteiger partial charge < -0.3 is 19.9 Å². The van der Waals surface area contributed by atoms with Gasteiger partial charge in [0.25, 0.3) is 0 Å². The average Bonchev–Trinajstić information content (AvgIpc) is 4.29. The predicted octanol–water partition coefficient (Wildman–Crippen LogP) is 19.3. The van der Waals surface area contributed by atoms with E-state index in [1.165, 1.54) is 50.1 Å². The molecule has 6 nitrogen and oxygen atoms in total. The lowest BCUT2D eigenvalue weighted by molar-refractivity contribution is 0.568. The summed E-state index contributed by atoms with van der Waals surface area (Å²) in [5.41, 5.74) is 28.1. The molecule has 78 heavy (non-hydrogen) atoms. The Labute approximate surface area is 462 Å². The molecule has 7 heterocycles. The largest absolute Gasteiger partial charge is 0.364 e. The molecule has 4 aromatic carbocycles. The third-order valence-corrected chi connectivity index (χ3v) is 16.0. The maximum absolute atomic E-state index is 5.78. The lowest BCUT2D eigenvalue weighted by Crippen LogP contribution is -2.16. The molecule has 0 unspecified atom stereocenters. The van der Waals surface area contributed by atoms with Gasteiger partial charge in [0.05, 0.1) is 28.7 Å². The first-order valence-corrected chi connectivity index (χ1v) is 27.8. The van der Waals surface area contributed by atoms with Gasteiger partial charge in [0.15, 0.2) is 0 Å². The van der Waals surface area contributed by atoms with E-state index in [0.717, 1.165) is 95.2 Å². The molecular formula is C72H76N6. The zero-order valence-electron chi connectivity index (χ0n) is 48.5. The van der Waals surface area contributed by atoms with Crippen molar-refractivity contribution in [2.75, 3.05) is 0 Å². The molecule has 0 radical (unpaired) electrons. The van der Waals surface area contributed by atoms with Crippen molar-refractivity contribution in [2.45, 2.75) is 131 Å². The fourth-order valence-corrected chi connectivity index (χ4v) is 11.6. The Hall–Kier alpha value is -7.96. The van der Waals surface area contributed by atoms with Crippen LogP contribution in [0.1, 0.15) is 168 Å². The summed E-state index contributed by atoms with van der Waals surface area (Å²) in [5.74, 6) is 0.00837. The number of aryl methyl sites for hydroxylation is 3. The van der Waals surface area contributed by atoms with E-state index in [-0.39, 0.29) is 27.6 Å². The topological polar surface area (TPSA) is 88.9 Å². The molecule has 0 atom stereocenters. The van der Waals surface area contributed by atoms with E-state index in [2.05, 4.69) is 269 Å². The van der Waals surface area contributed by atoms with Crippen molar-refractivity contribution in [2.24, 2.45) is 0 Å². The Morgan fingerprint density at radius 1 is 0.359 bits per heavy atom. The highest BCUT2D eigenvalue weighted by Crippen LogP contribution is 2.44. The lowest BCUT2D eigenvalue weighted by atomic mass is 9.78. The number of H-pyrrole nitrogens is 4. The van der Waals surface area contributed by atoms with E-state index in [9.17, 15) is 0 Å². The molecule has 0 aliphatic carbocycles. The zero-order chi connectivity index (χ0) is 55.2. The van der Waals surface area contributed by atoms with Crippen LogP contribution >= 0.6 is 0 Å². The average molecular weight is 1030 g/mol. The van der Waals surface area contributed by atoms with Crippen LogP contribution < -0.4 is 0 Å². The SMILES string of the molecule is Cc1cc(C)c(-c2c3nc(c(-c4cc(C(C)(C)C)cc(C(C)(C)C)c4)c4ccc([nH]4)c(-c4ccc(C(c5ccc[nH]5)c5ccc[nH]5)cc4)c4nc(c(-c5cc(C(C)(C)C)cc(C(C)(C)C)c5)c5ccc2[nH]5)C=C4)C=C3)c(C)c1. The number of nitrogens with one attached hydrogen (secondary N) is 4. The lowest BCUT2D eigenvalue weighted by Gasteiger charge is -2.26. The Morgan fingerprint density at radius 2 is 0.705 bits per heavy atom. The molecule has 4 N–H and O–H groups in total. The van der Waals surface area contributed by atoms with Gasteiger partial charge in [-0.25, -0.2) is 9.97 Å². The third kappa shape index (κ3) is 9.87. The van der Waals surface area contributed by atoms with Crippen LogP contribution in [-0.4, -0.2) is 29.9 Å². The van der Waals surface area contributed by atoms with Crippen LogP contribution in [0.5, 0.6) is 0 Å². The highest BCUT2D eigenvalue weighted by molar-refractivity contribution is 6.00. The van der Waals surface area contributed by atoms with E-state index in [0.29, 0.717) is 0 Å². The molecule has 8 bridgehead atoms. The summed E-state index contributed by atoms with van der Waals surface area (Å²) in [4.78, 5) is 26.7. The molecule has 11 rings (SSSR count). The fourth-order valence-electron chi connectivity index (χ4n) is 11.6. The Morgan fingerprint density at radius 3 is 1.05 bits per heavy atom. The van der Waals surface area contributed by atoms with Crippen molar-refractivity contribution in [3.05, 3.63) is 212 Å². The monoisotopic (exact) mass is 1020 g/mol. The normalized spacial score (nSPS) is 13.1. The molecule has 0 amide bonds. The van der Waals surface area contributed by atoms with Crippen LogP contribution in [0.3, 0.4) is 0 Å². The fraction of sp³-hybridized carbons (Fsp3) is 0.278. The molecule has 5 aromatic heterocycles. The van der Waals surface area contributed by atoms with Gasteiger partial charge in [0, 0.05) is 68.1 Å². The Kier molecular flexibility index (Phi) is 12.8. The number of benzene rings is 4. The van der Waals surface area contributed by atoms with Crippen LogP contribution in [0.25, 0.3) is 90.9 Å². The molecule has 394 valence electrons. The van der Waals surface area contributed by atoms with Gasteiger partial charge in [0.1, 0.15) is 0 Å². The highest BCUT2D eigenvalue weighted by atomic mass is 14.8. The molecule has 0 spiro atoms. The van der Waals surface area contributed by atoms with Crippen LogP contribution in [0.4, 0.5) is 0 Å². The van der Waals surface area contributed by atoms with Crippen molar-refractivity contribution < 1.29 is 0 Å². The summed E-state index contributed by atoms with van der Waals surface area (Å²) in [5, 5.41) is 0. The zero-order valence-corrected chi connectivity index (χ0v) is 48.5. The maximum Gasteiger partial charge on any atom is 0.0737 e. The highest BCUT2D eigenvalue weighted by Gasteiger charge is 2.27. The van der Waals surface area contributed by atoms with Crippen LogP contribution in [-0.2, 0) is 21.7 Å². The smallest absolute Gasteiger partial charge is 0.0737 e. The maximum atomic E-state index is 5.78. The standard InChI is InChI=1S/C72H76N6/c1-42-34-43(2)63(44(3)35-42)68-61-30-28-59(77-61)66(47-36-49(69(4,5)6)40-50(37-47)70(7,8)9)57-26-24-55(75-57)65(46-22-20-45(21-23-46)64(53-18-16-32-73-53)54-19-17-33-74-54)56-25-27-58(76-56)67(60-29-31-62(68)78-60)48-38-51(71(10,11)12)41-52(39-48)72(13,14)15/h16-41,64,73-75,78H,1-15H3. The number of nitrogens with zero attached hydrogens (tertiary/aromatic N) is 2. The molecule has 0 saturated heterocycles. The van der Waals surface area contributed by atoms with E-state index >= 15 is 0 Å². The molecule has 6 heteroatoms. The summed E-state index contributed by atoms with van der Waals surface area (Å²) in [7, 11) is 0. The molecule has 0 fully saturated rings. The quantitative estimate of drug-likeness (QED) is 0.128. The number of aromatic nitrogens is 6. The summed E-state index contributed by atoms with van der Waals surface area (Å²) in [6.45, 7) is 34.4. The first-order valence-electron chi connectivity index (χ1n) is 27.8. The summed E-state index contributed by atoms with van der Waals surface area (Å²) in [6.07, 6.45) is 12.9. The summed E-state index contributed by atoms with van der Waals surface area (Å²) in [6, 6.07) is 45.6. The van der Waals surface area contributed by atoms with Gasteiger partial charge >= 0.3 is 0 Å². The summed E-state index contributed by atoms with van der Waals surface area (Å²) < 4.78 is 0. The number of hydrogen-bond acceptors (Lipinski definition) is 2. The van der Waals surface area contributed by atoms with Crippen molar-refractivity contribution in [3.8, 4) is 44.5 Å². The first kappa shape index (κ1) is 52.1. The predicted molar refractivity (Wildman–Crippen MR) is 332 cm³/mol. The molecule has 9 aromatic rings. The van der Waals surface area contributed by atoms with Crippen LogP contribution in [0.2, 0.25) is 0 Å². The van der Waals surface area contributed by atoms with Crippen molar-refractivity contribution >= 4 is 46.4 Å². The van der Waals surface area contributed by atoms with E-state index in [4.69, 9.17) is 9.97 Å². The van der Waals surface area contributed by atoms with Crippen LogP contribution in [0, 0.1) is 20.8 Å². The van der Waals surface area contributed by atoms with Crippen molar-refractivity contribution in [1.82, 2.24) is 29.9 Å². The second kappa shape index (κ2) is 19.2.